The maximum absolute atomic E-state index is 5.94. The lowest BCUT2D eigenvalue weighted by atomic mass is 9.92. The summed E-state index contributed by atoms with van der Waals surface area (Å²) in [6.07, 6.45) is 7.86. The van der Waals surface area contributed by atoms with E-state index >= 15 is 0 Å². The van der Waals surface area contributed by atoms with E-state index in [1.165, 1.54) is 26.9 Å². The van der Waals surface area contributed by atoms with Gasteiger partial charge in [-0.1, -0.05) is 72.8 Å². The first-order valence-corrected chi connectivity index (χ1v) is 7.79. The molecule has 0 radical (unpaired) electrons. The molecule has 0 amide bonds. The van der Waals surface area contributed by atoms with E-state index in [-0.39, 0.29) is 0 Å². The van der Waals surface area contributed by atoms with E-state index in [1.54, 1.807) is 6.26 Å². The van der Waals surface area contributed by atoms with Crippen LogP contribution in [0.25, 0.3) is 38.4 Å². The number of allylic oxidation sites excluding steroid dienone is 2. The summed E-state index contributed by atoms with van der Waals surface area (Å²) < 4.78 is 5.94. The normalized spacial score (nSPS) is 13.2. The highest BCUT2D eigenvalue weighted by molar-refractivity contribution is 6.24. The maximum Gasteiger partial charge on any atom is 0.142 e. The Kier molecular flexibility index (Phi) is 2.56. The van der Waals surface area contributed by atoms with Gasteiger partial charge in [0, 0.05) is 10.9 Å². The van der Waals surface area contributed by atoms with Gasteiger partial charge in [-0.25, -0.2) is 0 Å². The van der Waals surface area contributed by atoms with Gasteiger partial charge in [0.05, 0.1) is 6.26 Å². The summed E-state index contributed by atoms with van der Waals surface area (Å²) in [6, 6.07) is 21.5. The lowest BCUT2D eigenvalue weighted by molar-refractivity contribution is 0.488. The maximum atomic E-state index is 5.94. The molecule has 23 heavy (non-hydrogen) atoms. The molecule has 0 atom stereocenters. The van der Waals surface area contributed by atoms with Crippen LogP contribution in [0.4, 0.5) is 0 Å². The summed E-state index contributed by atoms with van der Waals surface area (Å²) in [6.45, 7) is 0. The van der Waals surface area contributed by atoms with E-state index in [4.69, 9.17) is 4.74 Å². The lowest BCUT2D eigenvalue weighted by Gasteiger charge is -2.15. The molecule has 4 aromatic rings. The molecule has 0 unspecified atom stereocenters. The SMILES string of the molecule is C1=COc2c(c3ccc4ccccc4c3c3ccccc23)C=C1. The van der Waals surface area contributed by atoms with Crippen molar-refractivity contribution in [3.63, 3.8) is 0 Å². The highest BCUT2D eigenvalue weighted by atomic mass is 16.5. The molecule has 0 saturated heterocycles. The molecule has 0 spiro atoms. The molecule has 4 aromatic carbocycles. The average molecular weight is 294 g/mol. The number of ether oxygens (including phenoxy) is 1. The van der Waals surface area contributed by atoms with Gasteiger partial charge in [0.1, 0.15) is 5.75 Å². The van der Waals surface area contributed by atoms with E-state index in [1.807, 2.05) is 12.2 Å². The Bertz CT molecular complexity index is 1130. The molecule has 1 heterocycles. The molecule has 1 aliphatic heterocycles. The van der Waals surface area contributed by atoms with Crippen molar-refractivity contribution in [1.29, 1.82) is 0 Å². The molecule has 1 aliphatic rings. The van der Waals surface area contributed by atoms with Crippen LogP contribution >= 0.6 is 0 Å². The van der Waals surface area contributed by atoms with Crippen LogP contribution in [0.2, 0.25) is 0 Å². The Labute approximate surface area is 134 Å². The van der Waals surface area contributed by atoms with Gasteiger partial charge in [-0.2, -0.15) is 0 Å². The smallest absolute Gasteiger partial charge is 0.142 e. The third-order valence-electron chi connectivity index (χ3n) is 4.54. The van der Waals surface area contributed by atoms with Crippen molar-refractivity contribution >= 4 is 38.4 Å². The molecule has 1 nitrogen and oxygen atoms in total. The zero-order chi connectivity index (χ0) is 15.2. The summed E-state index contributed by atoms with van der Waals surface area (Å²) in [5.74, 6) is 0.938. The number of hydrogen-bond acceptors (Lipinski definition) is 1. The van der Waals surface area contributed by atoms with Gasteiger partial charge < -0.3 is 4.74 Å². The van der Waals surface area contributed by atoms with Gasteiger partial charge in [0.15, 0.2) is 0 Å². The van der Waals surface area contributed by atoms with Gasteiger partial charge in [-0.05, 0) is 33.0 Å². The Morgan fingerprint density at radius 1 is 0.609 bits per heavy atom. The molecule has 0 aliphatic carbocycles. The Morgan fingerprint density at radius 3 is 2.30 bits per heavy atom. The topological polar surface area (TPSA) is 9.23 Å². The molecule has 0 aromatic heterocycles. The molecule has 1 heteroatoms. The molecule has 0 bridgehead atoms. The molecule has 5 rings (SSSR count). The van der Waals surface area contributed by atoms with Crippen LogP contribution < -0.4 is 4.74 Å². The second-order valence-electron chi connectivity index (χ2n) is 5.80. The quantitative estimate of drug-likeness (QED) is 0.358. The Balaban J connectivity index is 2.13. The number of benzene rings is 4. The minimum atomic E-state index is 0.938. The predicted octanol–water partition coefficient (Wildman–Crippen LogP) is 6.07. The summed E-state index contributed by atoms with van der Waals surface area (Å²) in [4.78, 5) is 0. The molecule has 0 N–H and O–H groups in total. The highest BCUT2D eigenvalue weighted by Gasteiger charge is 2.15. The molecular formula is C22H14O. The minimum absolute atomic E-state index is 0.938. The molecular weight excluding hydrogens is 280 g/mol. The number of fused-ring (bicyclic) bond motifs is 8. The van der Waals surface area contributed by atoms with Gasteiger partial charge in [0.2, 0.25) is 0 Å². The molecule has 108 valence electrons. The van der Waals surface area contributed by atoms with Crippen molar-refractivity contribution < 1.29 is 4.74 Å². The third-order valence-corrected chi connectivity index (χ3v) is 4.54. The highest BCUT2D eigenvalue weighted by Crippen LogP contribution is 2.42. The average Bonchev–Trinajstić information content (AvgIpc) is 2.87. The van der Waals surface area contributed by atoms with Crippen LogP contribution in [-0.4, -0.2) is 0 Å². The summed E-state index contributed by atoms with van der Waals surface area (Å²) >= 11 is 0. The Morgan fingerprint density at radius 2 is 1.39 bits per heavy atom. The fourth-order valence-corrected chi connectivity index (χ4v) is 3.55. The number of hydrogen-bond donors (Lipinski definition) is 0. The zero-order valence-electron chi connectivity index (χ0n) is 12.5. The van der Waals surface area contributed by atoms with Crippen LogP contribution in [-0.2, 0) is 0 Å². The van der Waals surface area contributed by atoms with Gasteiger partial charge in [0.25, 0.3) is 0 Å². The second-order valence-corrected chi connectivity index (χ2v) is 5.80. The van der Waals surface area contributed by atoms with Crippen LogP contribution in [0.15, 0.2) is 79.1 Å². The minimum Gasteiger partial charge on any atom is -0.464 e. The summed E-state index contributed by atoms with van der Waals surface area (Å²) in [7, 11) is 0. The van der Waals surface area contributed by atoms with Crippen molar-refractivity contribution in [3.05, 3.63) is 84.6 Å². The first-order chi connectivity index (χ1) is 11.4. The van der Waals surface area contributed by atoms with Gasteiger partial charge in [-0.15, -0.1) is 0 Å². The van der Waals surface area contributed by atoms with Crippen molar-refractivity contribution in [3.8, 4) is 5.75 Å². The zero-order valence-corrected chi connectivity index (χ0v) is 12.5. The fourth-order valence-electron chi connectivity index (χ4n) is 3.55. The fraction of sp³-hybridized carbons (Fsp3) is 0. The van der Waals surface area contributed by atoms with E-state index in [9.17, 15) is 0 Å². The lowest BCUT2D eigenvalue weighted by Crippen LogP contribution is -1.91. The molecule has 0 fully saturated rings. The predicted molar refractivity (Wildman–Crippen MR) is 97.8 cm³/mol. The van der Waals surface area contributed by atoms with E-state index < -0.39 is 0 Å². The van der Waals surface area contributed by atoms with Crippen molar-refractivity contribution in [1.82, 2.24) is 0 Å². The van der Waals surface area contributed by atoms with E-state index in [2.05, 4.69) is 66.7 Å². The van der Waals surface area contributed by atoms with Crippen molar-refractivity contribution in [2.24, 2.45) is 0 Å². The van der Waals surface area contributed by atoms with Crippen LogP contribution in [0.1, 0.15) is 5.56 Å². The van der Waals surface area contributed by atoms with Crippen molar-refractivity contribution in [2.75, 3.05) is 0 Å². The van der Waals surface area contributed by atoms with Crippen LogP contribution in [0.3, 0.4) is 0 Å². The van der Waals surface area contributed by atoms with Crippen molar-refractivity contribution in [2.45, 2.75) is 0 Å². The summed E-state index contributed by atoms with van der Waals surface area (Å²) in [5.41, 5.74) is 1.15. The largest absolute Gasteiger partial charge is 0.464 e. The summed E-state index contributed by atoms with van der Waals surface area (Å²) in [5, 5.41) is 7.48. The molecule has 0 saturated carbocycles. The standard InChI is InChI=1S/C22H14O/c1-2-8-16-15(7-1)12-13-18-20-11-5-6-14-23-22(20)19-10-4-3-9-17(19)21(16)18/h1-14H. The van der Waals surface area contributed by atoms with Crippen LogP contribution in [0, 0.1) is 0 Å². The van der Waals surface area contributed by atoms with Gasteiger partial charge >= 0.3 is 0 Å². The number of rotatable bonds is 0. The Hall–Kier alpha value is -3.06. The third kappa shape index (κ3) is 1.74. The first-order valence-electron chi connectivity index (χ1n) is 7.79. The van der Waals surface area contributed by atoms with E-state index in [0.29, 0.717) is 0 Å². The second kappa shape index (κ2) is 4.72. The monoisotopic (exact) mass is 294 g/mol. The van der Waals surface area contributed by atoms with E-state index in [0.717, 1.165) is 16.7 Å². The first kappa shape index (κ1) is 12.5. The van der Waals surface area contributed by atoms with Gasteiger partial charge in [-0.3, -0.25) is 0 Å². The van der Waals surface area contributed by atoms with Crippen LogP contribution in [0.5, 0.6) is 5.75 Å².